The number of nitrogen functional groups attached to an aromatic ring is 1. The number of thiazole rings is 2. The van der Waals surface area contributed by atoms with E-state index in [1.54, 1.807) is 5.38 Å². The minimum Gasteiger partial charge on any atom is -1.00 e. The van der Waals surface area contributed by atoms with Gasteiger partial charge in [-0.1, -0.05) is 0 Å². The van der Waals surface area contributed by atoms with Crippen LogP contribution in [0.3, 0.4) is 0 Å². The Balaban J connectivity index is 0.0000130. The van der Waals surface area contributed by atoms with Crippen LogP contribution in [0.15, 0.2) is 23.3 Å². The van der Waals surface area contributed by atoms with Gasteiger partial charge in [-0.15, -0.1) is 22.7 Å². The number of amides is 7. The number of anilines is 1. The van der Waals surface area contributed by atoms with Gasteiger partial charge in [0.1, 0.15) is 57.7 Å². The number of aromatic amines is 1. The van der Waals surface area contributed by atoms with Crippen LogP contribution >= 0.6 is 22.7 Å². The lowest BCUT2D eigenvalue weighted by Gasteiger charge is -2.24. The number of imidazole rings is 1. The number of nitrogens with two attached hydrogens (primary N) is 4. The molecule has 25 nitrogen and oxygen atoms in total. The molecule has 29 heteroatoms. The number of carbonyl (C=O) groups is 7. The molecule has 6 atom stereocenters. The number of nitrogens with zero attached hydrogens (tertiary/aromatic N) is 5. The standard InChI is InChI=1S/C41H60N16O9S3.HI/c1-20-30(55-36(57-34(20)44)23(14-27(43)59)50-15-22(42)35(45)62)40(66)56-32(33(61)24-16-46-19-51-24)39(65)48-10-6-5-8-28(60)54-31(21(2)58)38(64)49-12-9-29-52-26(18-67-29)41-53-25(17-68-41)37(63)47-11-7-13-69(3)4;/h16-19,21-23,31-33,50,58,61H,5-15,42H2,1-4H3,(H11-,43,44,45,46,47,48,49,51,54,55,56,57,59,60,62,63,64,65,66);1H/t21-,22+,23+,31+,32+,33+;/m1./s1. The molecule has 384 valence electrons. The molecule has 7 amide bonds. The van der Waals surface area contributed by atoms with Crippen molar-refractivity contribution in [1.29, 1.82) is 0 Å². The number of H-pyrrole nitrogens is 1. The number of primary amides is 2. The van der Waals surface area contributed by atoms with Crippen LogP contribution in [0, 0.1) is 6.92 Å². The Morgan fingerprint density at radius 1 is 0.857 bits per heavy atom. The Hall–Kier alpha value is -5.44. The summed E-state index contributed by atoms with van der Waals surface area (Å²) in [5.41, 5.74) is 23.3. The molecule has 4 rings (SSSR count). The fourth-order valence-electron chi connectivity index (χ4n) is 6.32. The lowest BCUT2D eigenvalue weighted by Crippen LogP contribution is -3.00. The van der Waals surface area contributed by atoms with Gasteiger partial charge in [0.05, 0.1) is 53.9 Å². The molecule has 0 spiro atoms. The quantitative estimate of drug-likeness (QED) is 0.0137. The van der Waals surface area contributed by atoms with E-state index in [4.69, 9.17) is 22.9 Å². The van der Waals surface area contributed by atoms with E-state index in [1.165, 1.54) is 49.0 Å². The smallest absolute Gasteiger partial charge is 0.271 e. The predicted octanol–water partition coefficient (Wildman–Crippen LogP) is -5.67. The van der Waals surface area contributed by atoms with Crippen molar-refractivity contribution >= 4 is 80.7 Å². The zero-order chi connectivity index (χ0) is 50.8. The summed E-state index contributed by atoms with van der Waals surface area (Å²) in [6.45, 7) is 3.37. The highest BCUT2D eigenvalue weighted by Crippen LogP contribution is 2.26. The third-order valence-corrected chi connectivity index (χ3v) is 13.1. The average molecular weight is 1150 g/mol. The van der Waals surface area contributed by atoms with Crippen LogP contribution in [0.5, 0.6) is 0 Å². The van der Waals surface area contributed by atoms with E-state index in [1.807, 2.05) is 5.38 Å². The highest BCUT2D eigenvalue weighted by molar-refractivity contribution is 7.95. The lowest BCUT2D eigenvalue weighted by atomic mass is 10.1. The number of carbonyl (C=O) groups excluding carboxylic acids is 7. The molecule has 4 aromatic rings. The maximum atomic E-state index is 13.8. The van der Waals surface area contributed by atoms with Crippen molar-refractivity contribution in [2.24, 2.45) is 17.2 Å². The number of rotatable bonds is 29. The van der Waals surface area contributed by atoms with Gasteiger partial charge in [-0.3, -0.25) is 33.6 Å². The number of nitrogens with one attached hydrogen (secondary N) is 7. The van der Waals surface area contributed by atoms with Crippen LogP contribution < -0.4 is 78.8 Å². The SMILES string of the molecule is Cc1c(N)nc([C@H](CC(N)=O)NC[C@H](N)C(N)=O)nc1C(=O)N[C@H](C(=O)NCCCCC(=O)N[C@H](C(=O)NCCc1nc(-c2nc(C(=O)NCCC[S+](C)C)cs2)cs1)[C@@H](C)O)[C@@H](O)c1cnc[nH]1.[I-]. The normalized spacial score (nSPS) is 13.7. The first-order valence-corrected chi connectivity index (χ1v) is 25.7. The summed E-state index contributed by atoms with van der Waals surface area (Å²) in [6, 6.07) is -5.07. The molecule has 70 heavy (non-hydrogen) atoms. The fraction of sp³-hybridized carbons (Fsp3) is 0.512. The average Bonchev–Trinajstić information content (AvgIpc) is 4.11. The van der Waals surface area contributed by atoms with Crippen molar-refractivity contribution in [3.63, 3.8) is 0 Å². The third-order valence-electron chi connectivity index (χ3n) is 10.2. The second-order valence-corrected chi connectivity index (χ2v) is 20.2. The first kappa shape index (κ1) is 58.9. The molecular formula is C41H61IN16O9S3. The molecule has 0 aliphatic rings. The lowest BCUT2D eigenvalue weighted by molar-refractivity contribution is -0.131. The van der Waals surface area contributed by atoms with E-state index in [0.29, 0.717) is 45.3 Å². The van der Waals surface area contributed by atoms with E-state index in [2.05, 4.69) is 74.3 Å². The Morgan fingerprint density at radius 2 is 1.56 bits per heavy atom. The van der Waals surface area contributed by atoms with E-state index in [0.717, 1.165) is 12.2 Å². The number of aliphatic hydroxyl groups excluding tert-OH is 2. The minimum absolute atomic E-state index is 0. The summed E-state index contributed by atoms with van der Waals surface area (Å²) in [7, 11) is 0.311. The summed E-state index contributed by atoms with van der Waals surface area (Å²) in [5.74, 6) is -3.99. The zero-order valence-electron chi connectivity index (χ0n) is 39.0. The van der Waals surface area contributed by atoms with Gasteiger partial charge in [-0.2, -0.15) is 0 Å². The Bertz CT molecular complexity index is 2390. The van der Waals surface area contributed by atoms with Crippen molar-refractivity contribution in [3.8, 4) is 10.7 Å². The molecule has 4 aromatic heterocycles. The molecule has 0 unspecified atom stereocenters. The molecule has 0 aliphatic heterocycles. The van der Waals surface area contributed by atoms with E-state index >= 15 is 0 Å². The van der Waals surface area contributed by atoms with E-state index in [9.17, 15) is 43.8 Å². The number of hydrogen-bond acceptors (Lipinski definition) is 19. The summed E-state index contributed by atoms with van der Waals surface area (Å²) >= 11 is 2.68. The molecule has 0 fully saturated rings. The first-order chi connectivity index (χ1) is 32.7. The van der Waals surface area contributed by atoms with Gasteiger partial charge in [0.15, 0.2) is 0 Å². The van der Waals surface area contributed by atoms with Gasteiger partial charge in [0.2, 0.25) is 29.5 Å². The van der Waals surface area contributed by atoms with E-state index < -0.39 is 71.8 Å². The van der Waals surface area contributed by atoms with E-state index in [-0.39, 0.29) is 104 Å². The van der Waals surface area contributed by atoms with Crippen molar-refractivity contribution < 1.29 is 67.8 Å². The van der Waals surface area contributed by atoms with Crippen LogP contribution in [0.4, 0.5) is 5.82 Å². The molecule has 0 aromatic carbocycles. The number of aromatic nitrogens is 6. The highest BCUT2D eigenvalue weighted by atomic mass is 127. The van der Waals surface area contributed by atoms with Crippen LogP contribution in [-0.4, -0.2) is 150 Å². The van der Waals surface area contributed by atoms with Crippen LogP contribution in [0.1, 0.15) is 94.2 Å². The molecule has 4 heterocycles. The monoisotopic (exact) mass is 1140 g/mol. The highest BCUT2D eigenvalue weighted by Gasteiger charge is 2.33. The number of halogens is 1. The second-order valence-electron chi connectivity index (χ2n) is 16.0. The Kier molecular flexibility index (Phi) is 24.4. The molecule has 0 saturated heterocycles. The van der Waals surface area contributed by atoms with Crippen LogP contribution in [0.25, 0.3) is 10.7 Å². The van der Waals surface area contributed by atoms with Gasteiger partial charge in [-0.25, -0.2) is 24.9 Å². The number of aliphatic hydroxyl groups is 2. The molecular weight excluding hydrogens is 1080 g/mol. The largest absolute Gasteiger partial charge is 1.00 e. The minimum atomic E-state index is -1.63. The van der Waals surface area contributed by atoms with Crippen LogP contribution in [0.2, 0.25) is 0 Å². The van der Waals surface area contributed by atoms with Gasteiger partial charge in [0, 0.05) is 68.2 Å². The molecule has 0 saturated carbocycles. The van der Waals surface area contributed by atoms with Gasteiger partial charge < -0.3 is 94.0 Å². The molecule has 0 bridgehead atoms. The van der Waals surface area contributed by atoms with Crippen molar-refractivity contribution in [2.75, 3.05) is 50.2 Å². The summed E-state index contributed by atoms with van der Waals surface area (Å²) < 4.78 is 0. The first-order valence-electron chi connectivity index (χ1n) is 21.7. The number of hydrogen-bond donors (Lipinski definition) is 13. The number of unbranched alkanes of at least 4 members (excludes halogenated alkanes) is 1. The Labute approximate surface area is 431 Å². The second kappa shape index (κ2) is 29.0. The van der Waals surface area contributed by atoms with Crippen LogP contribution in [-0.2, 0) is 41.3 Å². The third kappa shape index (κ3) is 18.4. The summed E-state index contributed by atoms with van der Waals surface area (Å²) in [6.07, 6.45) is 5.29. The van der Waals surface area contributed by atoms with Gasteiger partial charge in [-0.05, 0) is 37.6 Å². The van der Waals surface area contributed by atoms with Crippen molar-refractivity contribution in [1.82, 2.24) is 61.8 Å². The summed E-state index contributed by atoms with van der Waals surface area (Å²) in [5, 5.41) is 42.5. The topological polar surface area (TPSA) is 416 Å². The Morgan fingerprint density at radius 3 is 2.21 bits per heavy atom. The van der Waals surface area contributed by atoms with Crippen molar-refractivity contribution in [3.05, 3.63) is 56.8 Å². The molecule has 0 radical (unpaired) electrons. The predicted molar refractivity (Wildman–Crippen MR) is 259 cm³/mol. The van der Waals surface area contributed by atoms with Gasteiger partial charge in [0.25, 0.3) is 11.8 Å². The zero-order valence-corrected chi connectivity index (χ0v) is 43.6. The van der Waals surface area contributed by atoms with Crippen molar-refractivity contribution in [2.45, 2.75) is 88.7 Å². The summed E-state index contributed by atoms with van der Waals surface area (Å²) in [4.78, 5) is 113. The maximum Gasteiger partial charge on any atom is 0.271 e. The fourth-order valence-corrected chi connectivity index (χ4v) is 8.66. The van der Waals surface area contributed by atoms with Gasteiger partial charge >= 0.3 is 0 Å². The molecule has 17 N–H and O–H groups in total. The maximum absolute atomic E-state index is 13.8. The molecule has 0 aliphatic carbocycles.